The molecule has 0 amide bonds. The van der Waals surface area contributed by atoms with Crippen LogP contribution in [0.4, 0.5) is 5.69 Å². The van der Waals surface area contributed by atoms with Gasteiger partial charge in [0.15, 0.2) is 0 Å². The van der Waals surface area contributed by atoms with Gasteiger partial charge in [-0.2, -0.15) is 0 Å². The van der Waals surface area contributed by atoms with Gasteiger partial charge < -0.3 is 10.0 Å². The first kappa shape index (κ1) is 13.9. The standard InChI is InChI=1S/C14H17ClN2O2/c15-12-3-1-4-13(11-12)17-9-7-16(8-10-17)6-2-5-14(18)19/h1-5,11H,6-10H2,(H,18,19). The lowest BCUT2D eigenvalue weighted by Gasteiger charge is -2.35. The summed E-state index contributed by atoms with van der Waals surface area (Å²) in [4.78, 5) is 14.9. The lowest BCUT2D eigenvalue weighted by molar-refractivity contribution is -0.131. The molecule has 0 unspecified atom stereocenters. The smallest absolute Gasteiger partial charge is 0.328 e. The summed E-state index contributed by atoms with van der Waals surface area (Å²) in [5.41, 5.74) is 1.15. The third kappa shape index (κ3) is 4.26. The molecule has 1 aliphatic heterocycles. The van der Waals surface area contributed by atoms with Crippen molar-refractivity contribution in [1.29, 1.82) is 0 Å². The zero-order valence-corrected chi connectivity index (χ0v) is 11.4. The van der Waals surface area contributed by atoms with Crippen LogP contribution in [0.25, 0.3) is 0 Å². The number of anilines is 1. The minimum Gasteiger partial charge on any atom is -0.478 e. The van der Waals surface area contributed by atoms with Crippen molar-refractivity contribution >= 4 is 23.3 Å². The summed E-state index contributed by atoms with van der Waals surface area (Å²) < 4.78 is 0. The van der Waals surface area contributed by atoms with E-state index in [1.807, 2.05) is 18.2 Å². The van der Waals surface area contributed by atoms with E-state index in [0.29, 0.717) is 6.54 Å². The molecule has 0 spiro atoms. The Morgan fingerprint density at radius 1 is 1.32 bits per heavy atom. The number of carboxylic acid groups (broad SMARTS) is 1. The molecular weight excluding hydrogens is 264 g/mol. The second-order valence-electron chi connectivity index (χ2n) is 4.51. The lowest BCUT2D eigenvalue weighted by Crippen LogP contribution is -2.46. The molecule has 1 aromatic rings. The normalized spacial score (nSPS) is 17.0. The average molecular weight is 281 g/mol. The first-order chi connectivity index (χ1) is 9.15. The number of rotatable bonds is 4. The summed E-state index contributed by atoms with van der Waals surface area (Å²) in [5.74, 6) is -0.891. The maximum Gasteiger partial charge on any atom is 0.328 e. The fraction of sp³-hybridized carbons (Fsp3) is 0.357. The van der Waals surface area contributed by atoms with Crippen molar-refractivity contribution < 1.29 is 9.90 Å². The molecule has 4 nitrogen and oxygen atoms in total. The quantitative estimate of drug-likeness (QED) is 0.858. The molecule has 1 N–H and O–H groups in total. The van der Waals surface area contributed by atoms with Crippen molar-refractivity contribution in [1.82, 2.24) is 4.90 Å². The highest BCUT2D eigenvalue weighted by atomic mass is 35.5. The van der Waals surface area contributed by atoms with Crippen LogP contribution in [-0.2, 0) is 4.79 Å². The largest absolute Gasteiger partial charge is 0.478 e. The Morgan fingerprint density at radius 2 is 2.05 bits per heavy atom. The number of hydrogen-bond acceptors (Lipinski definition) is 3. The van der Waals surface area contributed by atoms with Gasteiger partial charge in [-0.3, -0.25) is 4.90 Å². The van der Waals surface area contributed by atoms with E-state index in [1.165, 1.54) is 6.08 Å². The van der Waals surface area contributed by atoms with Gasteiger partial charge in [0.2, 0.25) is 0 Å². The minimum atomic E-state index is -0.891. The summed E-state index contributed by atoms with van der Waals surface area (Å²) in [6.07, 6.45) is 2.89. The number of piperazine rings is 1. The molecule has 0 bridgehead atoms. The van der Waals surface area contributed by atoms with Crippen LogP contribution in [0.15, 0.2) is 36.4 Å². The monoisotopic (exact) mass is 280 g/mol. The van der Waals surface area contributed by atoms with Gasteiger partial charge in [0, 0.05) is 49.5 Å². The molecular formula is C14H17ClN2O2. The average Bonchev–Trinajstić information content (AvgIpc) is 2.39. The molecule has 1 saturated heterocycles. The molecule has 0 saturated carbocycles. The predicted octanol–water partition coefficient (Wildman–Crippen LogP) is 2.10. The van der Waals surface area contributed by atoms with Crippen LogP contribution < -0.4 is 4.90 Å². The number of benzene rings is 1. The van der Waals surface area contributed by atoms with E-state index in [9.17, 15) is 4.79 Å². The van der Waals surface area contributed by atoms with Crippen LogP contribution >= 0.6 is 11.6 Å². The highest BCUT2D eigenvalue weighted by Crippen LogP contribution is 2.20. The van der Waals surface area contributed by atoms with Crippen LogP contribution in [0, 0.1) is 0 Å². The van der Waals surface area contributed by atoms with Gasteiger partial charge in [0.05, 0.1) is 0 Å². The van der Waals surface area contributed by atoms with Gasteiger partial charge in [0.1, 0.15) is 0 Å². The van der Waals surface area contributed by atoms with Crippen LogP contribution in [0.5, 0.6) is 0 Å². The second-order valence-corrected chi connectivity index (χ2v) is 4.94. The van der Waals surface area contributed by atoms with Crippen LogP contribution in [0.1, 0.15) is 0 Å². The first-order valence-corrected chi connectivity index (χ1v) is 6.65. The minimum absolute atomic E-state index is 0.690. The molecule has 0 radical (unpaired) electrons. The topological polar surface area (TPSA) is 43.8 Å². The Bertz CT molecular complexity index is 468. The van der Waals surface area contributed by atoms with Gasteiger partial charge in [-0.1, -0.05) is 23.7 Å². The molecule has 102 valence electrons. The first-order valence-electron chi connectivity index (χ1n) is 6.27. The van der Waals surface area contributed by atoms with E-state index in [-0.39, 0.29) is 0 Å². The highest BCUT2D eigenvalue weighted by molar-refractivity contribution is 6.30. The van der Waals surface area contributed by atoms with E-state index in [2.05, 4.69) is 15.9 Å². The van der Waals surface area contributed by atoms with Crippen molar-refractivity contribution in [3.63, 3.8) is 0 Å². The summed E-state index contributed by atoms with van der Waals surface area (Å²) in [5, 5.41) is 9.29. The molecule has 1 heterocycles. The third-order valence-electron chi connectivity index (χ3n) is 3.17. The highest BCUT2D eigenvalue weighted by Gasteiger charge is 2.16. The summed E-state index contributed by atoms with van der Waals surface area (Å²) in [6.45, 7) is 4.41. The SMILES string of the molecule is O=C(O)C=CCN1CCN(c2cccc(Cl)c2)CC1. The van der Waals surface area contributed by atoms with E-state index in [1.54, 1.807) is 6.08 Å². The molecule has 0 atom stereocenters. The Hall–Kier alpha value is -1.52. The van der Waals surface area contributed by atoms with Gasteiger partial charge in [0.25, 0.3) is 0 Å². The van der Waals surface area contributed by atoms with E-state index < -0.39 is 5.97 Å². The summed E-state index contributed by atoms with van der Waals surface area (Å²) in [7, 11) is 0. The number of carbonyl (C=O) groups is 1. The van der Waals surface area contributed by atoms with Crippen molar-refractivity contribution in [3.05, 3.63) is 41.4 Å². The van der Waals surface area contributed by atoms with E-state index in [0.717, 1.165) is 36.9 Å². The Labute approximate surface area is 117 Å². The van der Waals surface area contributed by atoms with Crippen molar-refractivity contribution in [2.45, 2.75) is 0 Å². The van der Waals surface area contributed by atoms with E-state index >= 15 is 0 Å². The summed E-state index contributed by atoms with van der Waals surface area (Å²) in [6, 6.07) is 7.87. The number of nitrogens with zero attached hydrogens (tertiary/aromatic N) is 2. The van der Waals surface area contributed by atoms with Crippen molar-refractivity contribution in [2.75, 3.05) is 37.6 Å². The van der Waals surface area contributed by atoms with Crippen LogP contribution in [-0.4, -0.2) is 48.7 Å². The van der Waals surface area contributed by atoms with Crippen molar-refractivity contribution in [2.24, 2.45) is 0 Å². The second kappa shape index (κ2) is 6.59. The number of aliphatic carboxylic acids is 1. The van der Waals surface area contributed by atoms with Crippen LogP contribution in [0.2, 0.25) is 5.02 Å². The van der Waals surface area contributed by atoms with Crippen molar-refractivity contribution in [3.8, 4) is 0 Å². The molecule has 1 aromatic carbocycles. The molecule has 0 aromatic heterocycles. The van der Waals surface area contributed by atoms with E-state index in [4.69, 9.17) is 16.7 Å². The Balaban J connectivity index is 1.84. The molecule has 1 aliphatic rings. The molecule has 19 heavy (non-hydrogen) atoms. The molecule has 5 heteroatoms. The van der Waals surface area contributed by atoms with Gasteiger partial charge in [-0.05, 0) is 18.2 Å². The maximum atomic E-state index is 10.4. The molecule has 0 aliphatic carbocycles. The zero-order valence-electron chi connectivity index (χ0n) is 10.6. The number of hydrogen-bond donors (Lipinski definition) is 1. The predicted molar refractivity (Wildman–Crippen MR) is 76.9 cm³/mol. The third-order valence-corrected chi connectivity index (χ3v) is 3.40. The Morgan fingerprint density at radius 3 is 2.68 bits per heavy atom. The summed E-state index contributed by atoms with van der Waals surface area (Å²) >= 11 is 5.99. The lowest BCUT2D eigenvalue weighted by atomic mass is 10.2. The van der Waals surface area contributed by atoms with Gasteiger partial charge in [-0.25, -0.2) is 4.79 Å². The fourth-order valence-corrected chi connectivity index (χ4v) is 2.35. The number of halogens is 1. The molecule has 1 fully saturated rings. The number of carboxylic acids is 1. The fourth-order valence-electron chi connectivity index (χ4n) is 2.16. The molecule has 2 rings (SSSR count). The Kier molecular flexibility index (Phi) is 4.82. The van der Waals surface area contributed by atoms with Gasteiger partial charge >= 0.3 is 5.97 Å². The van der Waals surface area contributed by atoms with Gasteiger partial charge in [-0.15, -0.1) is 0 Å². The zero-order chi connectivity index (χ0) is 13.7. The van der Waals surface area contributed by atoms with Crippen LogP contribution in [0.3, 0.4) is 0 Å². The maximum absolute atomic E-state index is 10.4.